The Bertz CT molecular complexity index is 1030. The Morgan fingerprint density at radius 2 is 1.83 bits per heavy atom. The number of benzene rings is 2. The Morgan fingerprint density at radius 3 is 2.55 bits per heavy atom. The minimum Gasteiger partial charge on any atom is -0.274 e. The molecule has 29 heavy (non-hydrogen) atoms. The van der Waals surface area contributed by atoms with Crippen LogP contribution in [-0.2, 0) is 9.59 Å². The van der Waals surface area contributed by atoms with Gasteiger partial charge in [-0.2, -0.15) is 0 Å². The molecule has 0 saturated carbocycles. The molecule has 2 aromatic rings. The average molecular weight is 392 g/mol. The topological polar surface area (TPSA) is 87.0 Å². The summed E-state index contributed by atoms with van der Waals surface area (Å²) < 4.78 is 0. The number of nitro groups is 1. The molecule has 3 atom stereocenters. The molecule has 3 saturated heterocycles. The largest absolute Gasteiger partial charge is 0.274 e. The van der Waals surface area contributed by atoms with Crippen molar-refractivity contribution < 1.29 is 14.5 Å². The monoisotopic (exact) mass is 392 g/mol. The lowest BCUT2D eigenvalue weighted by Gasteiger charge is -2.33. The molecule has 0 radical (unpaired) electrons. The molecule has 3 aliphatic rings. The molecule has 2 aromatic carbocycles. The number of amides is 2. The Kier molecular flexibility index (Phi) is 3.84. The standard InChI is InChI=1S/C21H20N4O4/c1-21-17(18(14-7-3-2-4-8-14)22-11-6-12-23(21)22)19(26)24(20(21)27)15-9-5-10-16(13-15)25(28)29/h2-5,7-10,13,17-18H,6,11-12H2,1H3/t17-,18+,21+/m0/s1. The van der Waals surface area contributed by atoms with Gasteiger partial charge in [-0.1, -0.05) is 36.4 Å². The first-order valence-electron chi connectivity index (χ1n) is 9.66. The number of hydrazine groups is 1. The Morgan fingerprint density at radius 1 is 1.07 bits per heavy atom. The maximum Gasteiger partial charge on any atom is 0.271 e. The number of anilines is 1. The minimum absolute atomic E-state index is 0.146. The van der Waals surface area contributed by atoms with Gasteiger partial charge in [0.25, 0.3) is 11.6 Å². The Labute approximate surface area is 167 Å². The molecule has 0 spiro atoms. The predicted molar refractivity (Wildman–Crippen MR) is 105 cm³/mol. The molecule has 8 nitrogen and oxygen atoms in total. The summed E-state index contributed by atoms with van der Waals surface area (Å²) in [5.41, 5.74) is 0.101. The summed E-state index contributed by atoms with van der Waals surface area (Å²) in [4.78, 5) is 39.0. The van der Waals surface area contributed by atoms with E-state index in [2.05, 4.69) is 5.01 Å². The highest BCUT2D eigenvalue weighted by molar-refractivity contribution is 6.26. The molecule has 0 bridgehead atoms. The first-order valence-corrected chi connectivity index (χ1v) is 9.66. The smallest absolute Gasteiger partial charge is 0.271 e. The van der Waals surface area contributed by atoms with Gasteiger partial charge in [0.05, 0.1) is 22.6 Å². The lowest BCUT2D eigenvalue weighted by Crippen LogP contribution is -2.52. The van der Waals surface area contributed by atoms with Crippen LogP contribution < -0.4 is 4.90 Å². The van der Waals surface area contributed by atoms with Gasteiger partial charge in [0.2, 0.25) is 5.91 Å². The summed E-state index contributed by atoms with van der Waals surface area (Å²) in [6.07, 6.45) is 0.921. The fraction of sp³-hybridized carbons (Fsp3) is 0.333. The quantitative estimate of drug-likeness (QED) is 0.453. The number of nitrogens with zero attached hydrogens (tertiary/aromatic N) is 4. The highest BCUT2D eigenvalue weighted by atomic mass is 16.6. The number of hydrogen-bond donors (Lipinski definition) is 0. The minimum atomic E-state index is -1.00. The van der Waals surface area contributed by atoms with Crippen molar-refractivity contribution >= 4 is 23.2 Å². The number of carbonyl (C=O) groups excluding carboxylic acids is 2. The van der Waals surface area contributed by atoms with Crippen LogP contribution in [0.15, 0.2) is 54.6 Å². The first kappa shape index (κ1) is 18.0. The van der Waals surface area contributed by atoms with Crippen LogP contribution in [0.25, 0.3) is 0 Å². The molecule has 3 heterocycles. The van der Waals surface area contributed by atoms with Crippen molar-refractivity contribution in [3.63, 3.8) is 0 Å². The SMILES string of the molecule is C[C@]12C(=O)N(c3cccc([N+](=O)[O-])c3)C(=O)[C@@H]1[C@@H](c1ccccc1)N1CCCN12. The Balaban J connectivity index is 1.63. The second-order valence-corrected chi connectivity index (χ2v) is 7.88. The first-order chi connectivity index (χ1) is 13.9. The fourth-order valence-corrected chi connectivity index (χ4v) is 5.15. The van der Waals surface area contributed by atoms with Gasteiger partial charge < -0.3 is 0 Å². The van der Waals surface area contributed by atoms with E-state index in [1.165, 1.54) is 18.2 Å². The summed E-state index contributed by atoms with van der Waals surface area (Å²) >= 11 is 0. The number of non-ortho nitro benzene ring substituents is 1. The van der Waals surface area contributed by atoms with E-state index in [1.807, 2.05) is 42.3 Å². The van der Waals surface area contributed by atoms with E-state index in [0.717, 1.165) is 23.4 Å². The van der Waals surface area contributed by atoms with Gasteiger partial charge in [0.15, 0.2) is 0 Å². The number of rotatable bonds is 3. The van der Waals surface area contributed by atoms with Crippen molar-refractivity contribution in [1.29, 1.82) is 0 Å². The van der Waals surface area contributed by atoms with Gasteiger partial charge in [0.1, 0.15) is 5.54 Å². The summed E-state index contributed by atoms with van der Waals surface area (Å²) in [7, 11) is 0. The third kappa shape index (κ3) is 2.33. The number of hydrogen-bond acceptors (Lipinski definition) is 6. The summed E-state index contributed by atoms with van der Waals surface area (Å²) in [6.45, 7) is 3.33. The van der Waals surface area contributed by atoms with Crippen molar-refractivity contribution in [1.82, 2.24) is 10.0 Å². The summed E-state index contributed by atoms with van der Waals surface area (Å²) in [5, 5.41) is 15.4. The number of imide groups is 1. The van der Waals surface area contributed by atoms with Crippen LogP contribution in [0.2, 0.25) is 0 Å². The van der Waals surface area contributed by atoms with E-state index < -0.39 is 16.4 Å². The van der Waals surface area contributed by atoms with Crippen molar-refractivity contribution in [2.45, 2.75) is 24.9 Å². The van der Waals surface area contributed by atoms with E-state index in [9.17, 15) is 19.7 Å². The molecular weight excluding hydrogens is 372 g/mol. The molecule has 0 N–H and O–H groups in total. The van der Waals surface area contributed by atoms with E-state index >= 15 is 0 Å². The average Bonchev–Trinajstić information content (AvgIpc) is 3.35. The van der Waals surface area contributed by atoms with Crippen LogP contribution >= 0.6 is 0 Å². The highest BCUT2D eigenvalue weighted by Crippen LogP contribution is 2.54. The van der Waals surface area contributed by atoms with Crippen LogP contribution in [0.3, 0.4) is 0 Å². The third-order valence-electron chi connectivity index (χ3n) is 6.41. The van der Waals surface area contributed by atoms with Crippen molar-refractivity contribution in [3.8, 4) is 0 Å². The van der Waals surface area contributed by atoms with E-state index in [4.69, 9.17) is 0 Å². The lowest BCUT2D eigenvalue weighted by molar-refractivity contribution is -0.384. The van der Waals surface area contributed by atoms with Crippen LogP contribution in [0.4, 0.5) is 11.4 Å². The molecule has 5 rings (SSSR count). The fourth-order valence-electron chi connectivity index (χ4n) is 5.15. The van der Waals surface area contributed by atoms with E-state index in [1.54, 1.807) is 6.07 Å². The maximum atomic E-state index is 13.6. The second-order valence-electron chi connectivity index (χ2n) is 7.88. The predicted octanol–water partition coefficient (Wildman–Crippen LogP) is 2.52. The molecule has 0 unspecified atom stereocenters. The molecule has 0 aromatic heterocycles. The zero-order chi connectivity index (χ0) is 20.3. The van der Waals surface area contributed by atoms with Crippen LogP contribution in [-0.4, -0.2) is 45.4 Å². The molecule has 3 fully saturated rings. The normalized spacial score (nSPS) is 29.3. The van der Waals surface area contributed by atoms with E-state index in [-0.39, 0.29) is 29.2 Å². The van der Waals surface area contributed by atoms with Gasteiger partial charge >= 0.3 is 0 Å². The van der Waals surface area contributed by atoms with Gasteiger partial charge in [-0.3, -0.25) is 19.7 Å². The summed E-state index contributed by atoms with van der Waals surface area (Å²) in [6, 6.07) is 15.3. The van der Waals surface area contributed by atoms with Crippen molar-refractivity contribution in [2.24, 2.45) is 5.92 Å². The zero-order valence-electron chi connectivity index (χ0n) is 15.9. The third-order valence-corrected chi connectivity index (χ3v) is 6.41. The number of carbonyl (C=O) groups is 2. The summed E-state index contributed by atoms with van der Waals surface area (Å²) in [5.74, 6) is -1.20. The van der Waals surface area contributed by atoms with Crippen molar-refractivity contribution in [2.75, 3.05) is 18.0 Å². The van der Waals surface area contributed by atoms with E-state index in [0.29, 0.717) is 6.54 Å². The Hall–Kier alpha value is -3.10. The van der Waals surface area contributed by atoms with Crippen molar-refractivity contribution in [3.05, 3.63) is 70.3 Å². The van der Waals surface area contributed by atoms with Gasteiger partial charge in [-0.25, -0.2) is 14.9 Å². The van der Waals surface area contributed by atoms with Gasteiger partial charge in [-0.05, 0) is 25.0 Å². The molecule has 2 amide bonds. The van der Waals surface area contributed by atoms with Crippen LogP contribution in [0.5, 0.6) is 0 Å². The van der Waals surface area contributed by atoms with Gasteiger partial charge in [-0.15, -0.1) is 0 Å². The zero-order valence-corrected chi connectivity index (χ0v) is 15.9. The molecule has 3 aliphatic heterocycles. The molecule has 8 heteroatoms. The van der Waals surface area contributed by atoms with Crippen LogP contribution in [0.1, 0.15) is 24.9 Å². The number of fused-ring (bicyclic) bond motifs is 3. The molecular formula is C21H20N4O4. The highest BCUT2D eigenvalue weighted by Gasteiger charge is 2.70. The lowest BCUT2D eigenvalue weighted by atomic mass is 9.81. The molecule has 0 aliphatic carbocycles. The second kappa shape index (κ2) is 6.20. The van der Waals surface area contributed by atoms with Gasteiger partial charge in [0, 0.05) is 25.2 Å². The van der Waals surface area contributed by atoms with Crippen LogP contribution in [0, 0.1) is 16.0 Å². The maximum absolute atomic E-state index is 13.6. The molecule has 148 valence electrons. The number of nitro benzene ring substituents is 1.